The third-order valence-corrected chi connectivity index (χ3v) is 3.91. The van der Waals surface area contributed by atoms with Gasteiger partial charge in [0.2, 0.25) is 0 Å². The van der Waals surface area contributed by atoms with E-state index >= 15 is 0 Å². The number of aryl methyl sites for hydroxylation is 1. The Morgan fingerprint density at radius 3 is 2.95 bits per heavy atom. The van der Waals surface area contributed by atoms with Crippen LogP contribution in [0.4, 0.5) is 5.69 Å². The maximum Gasteiger partial charge on any atom is 0.0741 e. The van der Waals surface area contributed by atoms with Crippen LogP contribution in [0.2, 0.25) is 5.02 Å². The van der Waals surface area contributed by atoms with E-state index in [1.54, 1.807) is 0 Å². The lowest BCUT2D eigenvalue weighted by atomic mass is 9.92. The van der Waals surface area contributed by atoms with E-state index in [1.165, 1.54) is 29.8 Å². The van der Waals surface area contributed by atoms with E-state index in [-0.39, 0.29) is 0 Å². The van der Waals surface area contributed by atoms with Crippen molar-refractivity contribution in [2.24, 2.45) is 5.73 Å². The minimum Gasteiger partial charge on any atom is -0.383 e. The quantitative estimate of drug-likeness (QED) is 0.905. The van der Waals surface area contributed by atoms with Gasteiger partial charge in [0, 0.05) is 34.9 Å². The molecule has 1 aliphatic rings. The highest BCUT2D eigenvalue weighted by Gasteiger charge is 2.17. The number of halogens is 1. The van der Waals surface area contributed by atoms with Gasteiger partial charge in [-0.15, -0.1) is 0 Å². The van der Waals surface area contributed by atoms with Crippen LogP contribution in [0.1, 0.15) is 24.1 Å². The summed E-state index contributed by atoms with van der Waals surface area (Å²) in [6, 6.07) is 5.92. The minimum absolute atomic E-state index is 0.631. The molecule has 1 aliphatic carbocycles. The van der Waals surface area contributed by atoms with E-state index in [4.69, 9.17) is 22.3 Å². The highest BCUT2D eigenvalue weighted by Crippen LogP contribution is 2.34. The third kappa shape index (κ3) is 2.40. The topological polar surface area (TPSA) is 50.9 Å². The van der Waals surface area contributed by atoms with Gasteiger partial charge in [-0.3, -0.25) is 4.98 Å². The van der Waals surface area contributed by atoms with Crippen LogP contribution in [0.15, 0.2) is 18.2 Å². The fourth-order valence-electron chi connectivity index (χ4n) is 2.80. The van der Waals surface area contributed by atoms with Crippen molar-refractivity contribution in [1.82, 2.24) is 4.98 Å². The van der Waals surface area contributed by atoms with Gasteiger partial charge in [0.1, 0.15) is 0 Å². The van der Waals surface area contributed by atoms with Crippen LogP contribution >= 0.6 is 11.6 Å². The fourth-order valence-corrected chi connectivity index (χ4v) is 2.96. The summed E-state index contributed by atoms with van der Waals surface area (Å²) in [5, 5.41) is 5.36. The number of benzene rings is 1. The van der Waals surface area contributed by atoms with Crippen LogP contribution in [0.5, 0.6) is 0 Å². The first-order valence-corrected chi connectivity index (χ1v) is 7.22. The Kier molecular flexibility index (Phi) is 3.58. The molecule has 1 aromatic carbocycles. The number of rotatable bonds is 3. The minimum atomic E-state index is 0.631. The van der Waals surface area contributed by atoms with Crippen molar-refractivity contribution >= 4 is 28.2 Å². The van der Waals surface area contributed by atoms with Crippen molar-refractivity contribution in [3.63, 3.8) is 0 Å². The van der Waals surface area contributed by atoms with Crippen LogP contribution in [-0.4, -0.2) is 18.1 Å². The highest BCUT2D eigenvalue weighted by molar-refractivity contribution is 6.31. The van der Waals surface area contributed by atoms with Crippen LogP contribution in [0.25, 0.3) is 10.9 Å². The Morgan fingerprint density at radius 2 is 2.11 bits per heavy atom. The van der Waals surface area contributed by atoms with E-state index in [0.29, 0.717) is 6.54 Å². The zero-order valence-electron chi connectivity index (χ0n) is 10.9. The number of pyridine rings is 1. The van der Waals surface area contributed by atoms with Gasteiger partial charge in [0.15, 0.2) is 0 Å². The van der Waals surface area contributed by atoms with Crippen LogP contribution < -0.4 is 11.1 Å². The van der Waals surface area contributed by atoms with Gasteiger partial charge in [-0.05, 0) is 49.4 Å². The number of fused-ring (bicyclic) bond motifs is 2. The van der Waals surface area contributed by atoms with Gasteiger partial charge in [0.25, 0.3) is 0 Å². The van der Waals surface area contributed by atoms with Crippen LogP contribution in [0.3, 0.4) is 0 Å². The molecular weight excluding hydrogens is 258 g/mol. The molecule has 0 spiro atoms. The van der Waals surface area contributed by atoms with Gasteiger partial charge in [-0.25, -0.2) is 0 Å². The Balaban J connectivity index is 2.20. The van der Waals surface area contributed by atoms with E-state index in [9.17, 15) is 0 Å². The lowest BCUT2D eigenvalue weighted by Crippen LogP contribution is -2.17. The zero-order valence-corrected chi connectivity index (χ0v) is 11.6. The van der Waals surface area contributed by atoms with E-state index in [2.05, 4.69) is 11.4 Å². The smallest absolute Gasteiger partial charge is 0.0741 e. The van der Waals surface area contributed by atoms with Gasteiger partial charge >= 0.3 is 0 Å². The molecular formula is C15H18ClN3. The number of nitrogens with one attached hydrogen (secondary N) is 1. The van der Waals surface area contributed by atoms with Gasteiger partial charge in [0.05, 0.1) is 5.52 Å². The fraction of sp³-hybridized carbons (Fsp3) is 0.400. The summed E-state index contributed by atoms with van der Waals surface area (Å²) in [6.45, 7) is 1.42. The second-order valence-corrected chi connectivity index (χ2v) is 5.43. The summed E-state index contributed by atoms with van der Waals surface area (Å²) in [5.74, 6) is 0. The van der Waals surface area contributed by atoms with Crippen molar-refractivity contribution < 1.29 is 0 Å². The Bertz CT molecular complexity index is 610. The summed E-state index contributed by atoms with van der Waals surface area (Å²) in [7, 11) is 0. The number of hydrogen-bond donors (Lipinski definition) is 2. The van der Waals surface area contributed by atoms with Crippen molar-refractivity contribution in [2.45, 2.75) is 25.7 Å². The Labute approximate surface area is 118 Å². The van der Waals surface area contributed by atoms with Crippen LogP contribution in [0, 0.1) is 0 Å². The van der Waals surface area contributed by atoms with Crippen LogP contribution in [-0.2, 0) is 12.8 Å². The molecule has 3 nitrogen and oxygen atoms in total. The largest absolute Gasteiger partial charge is 0.383 e. The average molecular weight is 276 g/mol. The molecule has 0 atom stereocenters. The Hall–Kier alpha value is -1.32. The van der Waals surface area contributed by atoms with E-state index in [1.807, 2.05) is 12.1 Å². The highest BCUT2D eigenvalue weighted by atomic mass is 35.5. The molecule has 0 saturated heterocycles. The molecule has 0 saturated carbocycles. The molecule has 0 amide bonds. The summed E-state index contributed by atoms with van der Waals surface area (Å²) in [4.78, 5) is 4.79. The standard InChI is InChI=1S/C15H18ClN3/c16-10-5-6-12-14(9-10)19-13-4-2-1-3-11(13)15(12)18-8-7-17/h5-6,9H,1-4,7-8,17H2,(H,18,19). The van der Waals surface area contributed by atoms with Gasteiger partial charge < -0.3 is 11.1 Å². The van der Waals surface area contributed by atoms with Crippen molar-refractivity contribution in [2.75, 3.05) is 18.4 Å². The predicted octanol–water partition coefficient (Wildman–Crippen LogP) is 3.14. The Morgan fingerprint density at radius 1 is 1.26 bits per heavy atom. The first-order valence-electron chi connectivity index (χ1n) is 6.84. The number of nitrogens with two attached hydrogens (primary N) is 1. The van der Waals surface area contributed by atoms with E-state index < -0.39 is 0 Å². The average Bonchev–Trinajstić information content (AvgIpc) is 2.43. The predicted molar refractivity (Wildman–Crippen MR) is 80.9 cm³/mol. The first-order chi connectivity index (χ1) is 9.29. The number of anilines is 1. The number of aromatic nitrogens is 1. The molecule has 3 N–H and O–H groups in total. The summed E-state index contributed by atoms with van der Waals surface area (Å²) < 4.78 is 0. The van der Waals surface area contributed by atoms with Gasteiger partial charge in [-0.1, -0.05) is 11.6 Å². The third-order valence-electron chi connectivity index (χ3n) is 3.67. The second-order valence-electron chi connectivity index (χ2n) is 5.00. The van der Waals surface area contributed by atoms with E-state index in [0.717, 1.165) is 35.3 Å². The summed E-state index contributed by atoms with van der Waals surface area (Å²) in [5.41, 5.74) is 10.4. The normalized spacial score (nSPS) is 14.4. The maximum atomic E-state index is 6.08. The molecule has 0 unspecified atom stereocenters. The van der Waals surface area contributed by atoms with Gasteiger partial charge in [-0.2, -0.15) is 0 Å². The number of hydrogen-bond acceptors (Lipinski definition) is 3. The summed E-state index contributed by atoms with van der Waals surface area (Å²) >= 11 is 6.08. The molecule has 0 bridgehead atoms. The maximum absolute atomic E-state index is 6.08. The van der Waals surface area contributed by atoms with Crippen molar-refractivity contribution in [3.05, 3.63) is 34.5 Å². The lowest BCUT2D eigenvalue weighted by Gasteiger charge is -2.21. The molecule has 0 radical (unpaired) electrons. The summed E-state index contributed by atoms with van der Waals surface area (Å²) in [6.07, 6.45) is 4.64. The lowest BCUT2D eigenvalue weighted by molar-refractivity contribution is 0.672. The molecule has 0 fully saturated rings. The molecule has 3 rings (SSSR count). The molecule has 0 aliphatic heterocycles. The molecule has 100 valence electrons. The van der Waals surface area contributed by atoms with Crippen molar-refractivity contribution in [1.29, 1.82) is 0 Å². The van der Waals surface area contributed by atoms with Crippen molar-refractivity contribution in [3.8, 4) is 0 Å². The molecule has 19 heavy (non-hydrogen) atoms. The SMILES string of the molecule is NCCNc1c2c(nc3cc(Cl)ccc13)CCCC2. The first kappa shape index (κ1) is 12.7. The molecule has 2 aromatic rings. The molecule has 4 heteroatoms. The second kappa shape index (κ2) is 5.35. The molecule has 1 heterocycles. The molecule has 1 aromatic heterocycles. The number of nitrogens with zero attached hydrogens (tertiary/aromatic N) is 1. The monoisotopic (exact) mass is 275 g/mol. The zero-order chi connectivity index (χ0) is 13.2.